The predicted molar refractivity (Wildman–Crippen MR) is 95.0 cm³/mol. The number of methoxy groups -OCH3 is 2. The topological polar surface area (TPSA) is 69.4 Å². The Morgan fingerprint density at radius 2 is 1.80 bits per heavy atom. The highest BCUT2D eigenvalue weighted by molar-refractivity contribution is 5.66. The van der Waals surface area contributed by atoms with Crippen molar-refractivity contribution >= 4 is 0 Å². The number of pyridine rings is 1. The van der Waals surface area contributed by atoms with Crippen LogP contribution in [0.3, 0.4) is 0 Å². The van der Waals surface area contributed by atoms with Gasteiger partial charge in [-0.2, -0.15) is 0 Å². The van der Waals surface area contributed by atoms with Crippen LogP contribution in [0, 0.1) is 0 Å². The minimum absolute atomic E-state index is 0.0120. The number of hydrogen-bond acceptors (Lipinski definition) is 5. The molecule has 1 N–H and O–H groups in total. The van der Waals surface area contributed by atoms with E-state index >= 15 is 0 Å². The molecule has 0 aliphatic heterocycles. The van der Waals surface area contributed by atoms with Gasteiger partial charge in [-0.3, -0.25) is 4.98 Å². The number of ether oxygens (including phenoxy) is 2. The third-order valence-electron chi connectivity index (χ3n) is 4.01. The van der Waals surface area contributed by atoms with Crippen molar-refractivity contribution in [2.45, 2.75) is 19.4 Å². The predicted octanol–water partition coefficient (Wildman–Crippen LogP) is 3.30. The Morgan fingerprint density at radius 1 is 1.04 bits per heavy atom. The Hall–Kier alpha value is -3.02. The maximum absolute atomic E-state index is 10.1. The smallest absolute Gasteiger partial charge is 0.200 e. The van der Waals surface area contributed by atoms with Gasteiger partial charge < -0.3 is 19.1 Å². The van der Waals surface area contributed by atoms with Crippen LogP contribution < -0.4 is 9.47 Å². The van der Waals surface area contributed by atoms with Crippen molar-refractivity contribution in [2.24, 2.45) is 0 Å². The highest BCUT2D eigenvalue weighted by atomic mass is 16.5. The highest BCUT2D eigenvalue weighted by Crippen LogP contribution is 2.39. The first kappa shape index (κ1) is 16.8. The second-order valence-corrected chi connectivity index (χ2v) is 5.60. The summed E-state index contributed by atoms with van der Waals surface area (Å²) in [7, 11) is 3.02. The van der Waals surface area contributed by atoms with E-state index in [0.29, 0.717) is 11.5 Å². The van der Waals surface area contributed by atoms with Crippen LogP contribution in [0.1, 0.15) is 12.1 Å². The Balaban J connectivity index is 1.79. The standard InChI is InChI=1S/C19H21N3O3/c1-24-16-12-14(13-17(25-2)18(16)23)19-21-9-11-22(19)10-5-7-15-6-3-4-8-20-15/h3-4,6,8-9,11-13,23H,5,7,10H2,1-2H3. The average molecular weight is 339 g/mol. The number of nitrogens with zero attached hydrogens (tertiary/aromatic N) is 3. The zero-order chi connectivity index (χ0) is 17.6. The van der Waals surface area contributed by atoms with Crippen LogP contribution in [-0.2, 0) is 13.0 Å². The minimum atomic E-state index is -0.0120. The molecule has 0 radical (unpaired) electrons. The molecule has 0 saturated carbocycles. The Bertz CT molecular complexity index is 806. The second-order valence-electron chi connectivity index (χ2n) is 5.60. The van der Waals surface area contributed by atoms with Crippen LogP contribution in [0.2, 0.25) is 0 Å². The number of hydrogen-bond donors (Lipinski definition) is 1. The number of aromatic nitrogens is 3. The summed E-state index contributed by atoms with van der Waals surface area (Å²) in [4.78, 5) is 8.79. The summed E-state index contributed by atoms with van der Waals surface area (Å²) in [6, 6.07) is 9.47. The van der Waals surface area contributed by atoms with Gasteiger partial charge in [0.25, 0.3) is 0 Å². The number of phenols is 1. The van der Waals surface area contributed by atoms with E-state index < -0.39 is 0 Å². The molecule has 6 nitrogen and oxygen atoms in total. The van der Waals surface area contributed by atoms with Crippen LogP contribution in [-0.4, -0.2) is 33.9 Å². The van der Waals surface area contributed by atoms with Gasteiger partial charge in [0.15, 0.2) is 11.5 Å². The van der Waals surface area contributed by atoms with E-state index in [9.17, 15) is 5.11 Å². The molecule has 2 heterocycles. The van der Waals surface area contributed by atoms with Crippen LogP contribution in [0.4, 0.5) is 0 Å². The quantitative estimate of drug-likeness (QED) is 0.715. The molecule has 1 aromatic carbocycles. The monoisotopic (exact) mass is 339 g/mol. The molecular formula is C19H21N3O3. The fourth-order valence-corrected chi connectivity index (χ4v) is 2.75. The number of aryl methyl sites for hydroxylation is 2. The minimum Gasteiger partial charge on any atom is -0.502 e. The summed E-state index contributed by atoms with van der Waals surface area (Å²) < 4.78 is 12.5. The van der Waals surface area contributed by atoms with E-state index in [1.54, 1.807) is 18.3 Å². The molecule has 0 bridgehead atoms. The van der Waals surface area contributed by atoms with Crippen molar-refractivity contribution < 1.29 is 14.6 Å². The van der Waals surface area contributed by atoms with Gasteiger partial charge in [-0.15, -0.1) is 0 Å². The van der Waals surface area contributed by atoms with E-state index in [1.807, 2.05) is 30.6 Å². The summed E-state index contributed by atoms with van der Waals surface area (Å²) in [5.74, 6) is 1.51. The molecule has 0 saturated heterocycles. The number of phenolic OH excluding ortho intramolecular Hbond substituents is 1. The van der Waals surface area contributed by atoms with Gasteiger partial charge in [0.2, 0.25) is 5.75 Å². The van der Waals surface area contributed by atoms with E-state index in [0.717, 1.165) is 36.5 Å². The lowest BCUT2D eigenvalue weighted by molar-refractivity contribution is 0.340. The number of aromatic hydroxyl groups is 1. The van der Waals surface area contributed by atoms with Crippen molar-refractivity contribution in [2.75, 3.05) is 14.2 Å². The van der Waals surface area contributed by atoms with Crippen LogP contribution >= 0.6 is 0 Å². The molecule has 0 atom stereocenters. The van der Waals surface area contributed by atoms with Crippen LogP contribution in [0.15, 0.2) is 48.9 Å². The SMILES string of the molecule is COc1cc(-c2nccn2CCCc2ccccn2)cc(OC)c1O. The maximum Gasteiger partial charge on any atom is 0.200 e. The third-order valence-corrected chi connectivity index (χ3v) is 4.01. The first-order chi connectivity index (χ1) is 12.2. The van der Waals surface area contributed by atoms with Gasteiger partial charge in [-0.05, 0) is 37.1 Å². The zero-order valence-electron chi connectivity index (χ0n) is 14.3. The molecule has 0 spiro atoms. The van der Waals surface area contributed by atoms with Crippen molar-refractivity contribution in [3.8, 4) is 28.6 Å². The molecule has 0 fully saturated rings. The van der Waals surface area contributed by atoms with Crippen molar-refractivity contribution in [1.29, 1.82) is 0 Å². The van der Waals surface area contributed by atoms with Gasteiger partial charge in [-0.25, -0.2) is 4.98 Å². The van der Waals surface area contributed by atoms with Crippen molar-refractivity contribution in [3.05, 3.63) is 54.6 Å². The summed E-state index contributed by atoms with van der Waals surface area (Å²) in [5.41, 5.74) is 1.91. The maximum atomic E-state index is 10.1. The Morgan fingerprint density at radius 3 is 2.44 bits per heavy atom. The summed E-state index contributed by atoms with van der Waals surface area (Å²) in [6.07, 6.45) is 7.38. The molecular weight excluding hydrogens is 318 g/mol. The van der Waals surface area contributed by atoms with E-state index in [1.165, 1.54) is 14.2 Å². The van der Waals surface area contributed by atoms with Crippen molar-refractivity contribution in [3.63, 3.8) is 0 Å². The largest absolute Gasteiger partial charge is 0.502 e. The first-order valence-corrected chi connectivity index (χ1v) is 8.09. The molecule has 6 heteroatoms. The van der Waals surface area contributed by atoms with Gasteiger partial charge in [-0.1, -0.05) is 6.07 Å². The average Bonchev–Trinajstić information content (AvgIpc) is 3.11. The molecule has 25 heavy (non-hydrogen) atoms. The molecule has 130 valence electrons. The molecule has 0 amide bonds. The molecule has 0 aliphatic rings. The molecule has 3 aromatic rings. The van der Waals surface area contributed by atoms with Crippen LogP contribution in [0.25, 0.3) is 11.4 Å². The van der Waals surface area contributed by atoms with Crippen molar-refractivity contribution in [1.82, 2.24) is 14.5 Å². The summed E-state index contributed by atoms with van der Waals surface area (Å²) >= 11 is 0. The second kappa shape index (κ2) is 7.70. The summed E-state index contributed by atoms with van der Waals surface area (Å²) in [5, 5.41) is 10.1. The third kappa shape index (κ3) is 3.74. The summed E-state index contributed by atoms with van der Waals surface area (Å²) in [6.45, 7) is 0.817. The highest BCUT2D eigenvalue weighted by Gasteiger charge is 2.15. The Kier molecular flexibility index (Phi) is 5.18. The van der Waals surface area contributed by atoms with E-state index in [4.69, 9.17) is 9.47 Å². The van der Waals surface area contributed by atoms with Gasteiger partial charge in [0, 0.05) is 36.4 Å². The number of imidazole rings is 1. The fraction of sp³-hybridized carbons (Fsp3) is 0.263. The van der Waals surface area contributed by atoms with E-state index in [-0.39, 0.29) is 5.75 Å². The van der Waals surface area contributed by atoms with Crippen LogP contribution in [0.5, 0.6) is 17.2 Å². The Labute approximate surface area is 146 Å². The fourth-order valence-electron chi connectivity index (χ4n) is 2.75. The van der Waals surface area contributed by atoms with Gasteiger partial charge in [0.1, 0.15) is 5.82 Å². The first-order valence-electron chi connectivity index (χ1n) is 8.09. The molecule has 2 aromatic heterocycles. The molecule has 3 rings (SSSR count). The van der Waals surface area contributed by atoms with Gasteiger partial charge in [0.05, 0.1) is 14.2 Å². The molecule has 0 aliphatic carbocycles. The lowest BCUT2D eigenvalue weighted by Crippen LogP contribution is -2.02. The zero-order valence-corrected chi connectivity index (χ0v) is 14.3. The lowest BCUT2D eigenvalue weighted by Gasteiger charge is -2.12. The lowest BCUT2D eigenvalue weighted by atomic mass is 10.1. The number of rotatable bonds is 7. The molecule has 0 unspecified atom stereocenters. The van der Waals surface area contributed by atoms with E-state index in [2.05, 4.69) is 14.5 Å². The van der Waals surface area contributed by atoms with Gasteiger partial charge >= 0.3 is 0 Å². The number of benzene rings is 1. The normalized spacial score (nSPS) is 10.6.